The molecular formula is C29H41N3O5. The largest absolute Gasteiger partial charge is 0.464 e. The number of ether oxygens (including phenoxy) is 3. The summed E-state index contributed by atoms with van der Waals surface area (Å²) in [6.07, 6.45) is 4.92. The second kappa shape index (κ2) is 13.7. The molecule has 8 nitrogen and oxygen atoms in total. The van der Waals surface area contributed by atoms with E-state index in [9.17, 15) is 9.59 Å². The van der Waals surface area contributed by atoms with Crippen molar-refractivity contribution in [3.63, 3.8) is 0 Å². The Morgan fingerprint density at radius 3 is 2.68 bits per heavy atom. The predicted molar refractivity (Wildman–Crippen MR) is 145 cm³/mol. The van der Waals surface area contributed by atoms with Crippen LogP contribution in [0, 0.1) is 11.8 Å². The second-order valence-electron chi connectivity index (χ2n) is 10.1. The van der Waals surface area contributed by atoms with Crippen molar-refractivity contribution in [1.82, 2.24) is 14.9 Å². The molecule has 0 spiro atoms. The molecule has 1 aromatic carbocycles. The molecule has 2 atom stereocenters. The normalized spacial score (nSPS) is 17.5. The lowest BCUT2D eigenvalue weighted by atomic mass is 10.1. The number of nitrogens with zero attached hydrogens (tertiary/aromatic N) is 2. The molecule has 0 saturated carbocycles. The van der Waals surface area contributed by atoms with E-state index in [1.165, 1.54) is 0 Å². The lowest BCUT2D eigenvalue weighted by Crippen LogP contribution is -2.41. The number of benzene rings is 1. The second-order valence-corrected chi connectivity index (χ2v) is 10.1. The standard InChI is InChI=1S/C29H41N3O5/c1-7-24(12-20(4)21(5)33)28-31-25-13-22(8-9-27(25)32(28)15-23-10-11-36-17-23)14-30-26(18-35-6)29(34)37-16-19(2)3/h7-9,12-13,19,23,26,30H,10-11,14-18H2,1-6H3/b20-12-,24-7+. The van der Waals surface area contributed by atoms with Crippen LogP contribution in [0.25, 0.3) is 16.6 Å². The van der Waals surface area contributed by atoms with Crippen LogP contribution in [0.4, 0.5) is 0 Å². The highest BCUT2D eigenvalue weighted by molar-refractivity contribution is 5.96. The molecule has 1 aliphatic rings. The van der Waals surface area contributed by atoms with Gasteiger partial charge in [0.2, 0.25) is 0 Å². The van der Waals surface area contributed by atoms with Crippen molar-refractivity contribution in [2.45, 2.75) is 60.2 Å². The van der Waals surface area contributed by atoms with Gasteiger partial charge in [0.05, 0.1) is 30.9 Å². The highest BCUT2D eigenvalue weighted by Gasteiger charge is 2.22. The molecule has 37 heavy (non-hydrogen) atoms. The Bertz CT molecular complexity index is 1140. The monoisotopic (exact) mass is 511 g/mol. The van der Waals surface area contributed by atoms with Crippen LogP contribution < -0.4 is 5.32 Å². The van der Waals surface area contributed by atoms with Crippen LogP contribution in [0.15, 0.2) is 35.9 Å². The molecule has 8 heteroatoms. The molecule has 1 saturated heterocycles. The van der Waals surface area contributed by atoms with Gasteiger partial charge in [-0.1, -0.05) is 26.0 Å². The van der Waals surface area contributed by atoms with Gasteiger partial charge < -0.3 is 18.8 Å². The van der Waals surface area contributed by atoms with Gasteiger partial charge in [0.25, 0.3) is 0 Å². The first-order valence-electron chi connectivity index (χ1n) is 13.0. The zero-order chi connectivity index (χ0) is 26.9. The minimum Gasteiger partial charge on any atom is -0.464 e. The number of nitrogens with one attached hydrogen (secondary N) is 1. The summed E-state index contributed by atoms with van der Waals surface area (Å²) in [4.78, 5) is 29.4. The maximum Gasteiger partial charge on any atom is 0.325 e. The Kier molecular flexibility index (Phi) is 10.6. The summed E-state index contributed by atoms with van der Waals surface area (Å²) in [6.45, 7) is 12.8. The van der Waals surface area contributed by atoms with Crippen molar-refractivity contribution < 1.29 is 23.8 Å². The highest BCUT2D eigenvalue weighted by Crippen LogP contribution is 2.27. The molecule has 2 heterocycles. The van der Waals surface area contributed by atoms with Gasteiger partial charge in [0.15, 0.2) is 5.78 Å². The molecular weight excluding hydrogens is 470 g/mol. The number of carbonyl (C=O) groups is 2. The summed E-state index contributed by atoms with van der Waals surface area (Å²) in [6, 6.07) is 5.63. The van der Waals surface area contributed by atoms with Crippen molar-refractivity contribution >= 4 is 28.4 Å². The SMILES string of the molecule is C/C=C(\C=C(\C)C(C)=O)c1nc2cc(CNC(COC)C(=O)OCC(C)C)ccc2n1CC1CCOC1. The van der Waals surface area contributed by atoms with E-state index in [4.69, 9.17) is 19.2 Å². The average molecular weight is 512 g/mol. The molecule has 2 unspecified atom stereocenters. The van der Waals surface area contributed by atoms with E-state index < -0.39 is 6.04 Å². The first-order chi connectivity index (χ1) is 17.7. The minimum atomic E-state index is -0.552. The van der Waals surface area contributed by atoms with Crippen molar-refractivity contribution in [3.8, 4) is 0 Å². The van der Waals surface area contributed by atoms with Crippen LogP contribution in [-0.2, 0) is 36.9 Å². The van der Waals surface area contributed by atoms with Crippen LogP contribution in [0.3, 0.4) is 0 Å². The van der Waals surface area contributed by atoms with E-state index in [0.717, 1.165) is 54.2 Å². The number of esters is 1. The van der Waals surface area contributed by atoms with Gasteiger partial charge in [0.1, 0.15) is 11.9 Å². The number of carbonyl (C=O) groups excluding carboxylic acids is 2. The summed E-state index contributed by atoms with van der Waals surface area (Å²) in [5.41, 5.74) is 4.50. The first kappa shape index (κ1) is 28.8. The molecule has 0 aliphatic carbocycles. The Morgan fingerprint density at radius 2 is 2.05 bits per heavy atom. The molecule has 1 aliphatic heterocycles. The molecule has 2 aromatic rings. The molecule has 0 radical (unpaired) electrons. The third-order valence-corrected chi connectivity index (χ3v) is 6.50. The summed E-state index contributed by atoms with van der Waals surface area (Å²) >= 11 is 0. The number of ketones is 1. The Morgan fingerprint density at radius 1 is 1.27 bits per heavy atom. The molecule has 1 N–H and O–H groups in total. The first-order valence-corrected chi connectivity index (χ1v) is 13.0. The van der Waals surface area contributed by atoms with E-state index in [-0.39, 0.29) is 24.3 Å². The smallest absolute Gasteiger partial charge is 0.325 e. The highest BCUT2D eigenvalue weighted by atomic mass is 16.5. The van der Waals surface area contributed by atoms with Crippen LogP contribution in [0.1, 0.15) is 52.4 Å². The molecule has 0 amide bonds. The van der Waals surface area contributed by atoms with Gasteiger partial charge in [0, 0.05) is 38.3 Å². The van der Waals surface area contributed by atoms with E-state index in [2.05, 4.69) is 22.0 Å². The van der Waals surface area contributed by atoms with Crippen molar-refractivity contribution in [1.29, 1.82) is 0 Å². The zero-order valence-corrected chi connectivity index (χ0v) is 23.0. The van der Waals surface area contributed by atoms with Crippen molar-refractivity contribution in [3.05, 3.63) is 47.3 Å². The summed E-state index contributed by atoms with van der Waals surface area (Å²) in [5.74, 6) is 1.25. The number of fused-ring (bicyclic) bond motifs is 1. The van der Waals surface area contributed by atoms with Gasteiger partial charge in [-0.2, -0.15) is 0 Å². The number of methoxy groups -OCH3 is 1. The molecule has 1 aromatic heterocycles. The van der Waals surface area contributed by atoms with Gasteiger partial charge in [-0.3, -0.25) is 14.9 Å². The number of allylic oxidation sites excluding steroid dienone is 4. The third kappa shape index (κ3) is 7.84. The van der Waals surface area contributed by atoms with Crippen LogP contribution >= 0.6 is 0 Å². The average Bonchev–Trinajstić information content (AvgIpc) is 3.51. The molecule has 0 bridgehead atoms. The number of Topliss-reactive ketones (excluding diaryl/α,β-unsaturated/α-hetero) is 1. The number of aromatic nitrogens is 2. The number of hydrogen-bond donors (Lipinski definition) is 1. The Hall–Kier alpha value is -2.81. The summed E-state index contributed by atoms with van der Waals surface area (Å²) in [5, 5.41) is 3.27. The fourth-order valence-electron chi connectivity index (χ4n) is 4.26. The van der Waals surface area contributed by atoms with E-state index >= 15 is 0 Å². The zero-order valence-electron chi connectivity index (χ0n) is 23.0. The number of hydrogen-bond acceptors (Lipinski definition) is 7. The van der Waals surface area contributed by atoms with Crippen LogP contribution in [-0.4, -0.2) is 60.9 Å². The minimum absolute atomic E-state index is 0.0390. The summed E-state index contributed by atoms with van der Waals surface area (Å²) < 4.78 is 18.5. The third-order valence-electron chi connectivity index (χ3n) is 6.50. The lowest BCUT2D eigenvalue weighted by molar-refractivity contribution is -0.148. The topological polar surface area (TPSA) is 91.7 Å². The maximum atomic E-state index is 12.5. The number of rotatable bonds is 13. The molecule has 1 fully saturated rings. The van der Waals surface area contributed by atoms with Gasteiger partial charge in [-0.15, -0.1) is 0 Å². The summed E-state index contributed by atoms with van der Waals surface area (Å²) in [7, 11) is 1.57. The van der Waals surface area contributed by atoms with E-state index in [1.807, 2.05) is 45.9 Å². The lowest BCUT2D eigenvalue weighted by Gasteiger charge is -2.18. The number of imidazole rings is 1. The van der Waals surface area contributed by atoms with E-state index in [1.54, 1.807) is 14.0 Å². The predicted octanol–water partition coefficient (Wildman–Crippen LogP) is 4.32. The fourth-order valence-corrected chi connectivity index (χ4v) is 4.26. The van der Waals surface area contributed by atoms with Gasteiger partial charge in [-0.05, 0) is 62.5 Å². The van der Waals surface area contributed by atoms with E-state index in [0.29, 0.717) is 24.6 Å². The van der Waals surface area contributed by atoms with Crippen LogP contribution in [0.2, 0.25) is 0 Å². The van der Waals surface area contributed by atoms with Crippen molar-refractivity contribution in [2.24, 2.45) is 11.8 Å². The maximum absolute atomic E-state index is 12.5. The van der Waals surface area contributed by atoms with Gasteiger partial charge in [-0.25, -0.2) is 4.98 Å². The Balaban J connectivity index is 1.89. The fraction of sp³-hybridized carbons (Fsp3) is 0.552. The molecule has 3 rings (SSSR count). The van der Waals surface area contributed by atoms with Crippen LogP contribution in [0.5, 0.6) is 0 Å². The van der Waals surface area contributed by atoms with Crippen molar-refractivity contribution in [2.75, 3.05) is 33.5 Å². The molecule has 202 valence electrons. The Labute approximate surface area is 220 Å². The van der Waals surface area contributed by atoms with Gasteiger partial charge >= 0.3 is 5.97 Å². The quantitative estimate of drug-likeness (QED) is 0.243.